The lowest BCUT2D eigenvalue weighted by atomic mass is 9.91. The van der Waals surface area contributed by atoms with Crippen LogP contribution in [-0.2, 0) is 0 Å². The maximum Gasteiger partial charge on any atom is 0.255 e. The van der Waals surface area contributed by atoms with Gasteiger partial charge in [-0.25, -0.2) is 0 Å². The molecule has 1 N–H and O–H groups in total. The van der Waals surface area contributed by atoms with Crippen molar-refractivity contribution in [3.63, 3.8) is 0 Å². The number of nitrogens with one attached hydrogen (secondary N) is 1. The predicted molar refractivity (Wildman–Crippen MR) is 105 cm³/mol. The van der Waals surface area contributed by atoms with Gasteiger partial charge in [-0.1, -0.05) is 71.0 Å². The highest BCUT2D eigenvalue weighted by Crippen LogP contribution is 2.29. The highest BCUT2D eigenvalue weighted by Gasteiger charge is 2.15. The molecule has 2 heteroatoms. The molecule has 1 amide bonds. The van der Waals surface area contributed by atoms with E-state index in [0.29, 0.717) is 11.8 Å². The molecule has 2 aromatic carbocycles. The van der Waals surface area contributed by atoms with E-state index < -0.39 is 0 Å². The Morgan fingerprint density at radius 3 is 2.17 bits per heavy atom. The molecule has 2 nitrogen and oxygen atoms in total. The molecule has 0 heterocycles. The third-order valence-corrected chi connectivity index (χ3v) is 3.95. The summed E-state index contributed by atoms with van der Waals surface area (Å²) in [5, 5.41) is 3.08. The van der Waals surface area contributed by atoms with Crippen LogP contribution in [0.5, 0.6) is 0 Å². The molecule has 0 radical (unpaired) electrons. The normalized spacial score (nSPS) is 11.5. The molecule has 0 saturated heterocycles. The van der Waals surface area contributed by atoms with Crippen LogP contribution in [0.3, 0.4) is 0 Å². The summed E-state index contributed by atoms with van der Waals surface area (Å²) >= 11 is 0. The van der Waals surface area contributed by atoms with Crippen LogP contribution in [0.4, 0.5) is 5.69 Å². The molecule has 0 aliphatic carbocycles. The van der Waals surface area contributed by atoms with Crippen LogP contribution in [0.15, 0.2) is 48.5 Å². The smallest absolute Gasteiger partial charge is 0.255 e. The second kappa shape index (κ2) is 9.92. The molecule has 24 heavy (non-hydrogen) atoms. The minimum atomic E-state index is -0.0395. The first-order valence-electron chi connectivity index (χ1n) is 8.95. The third-order valence-electron chi connectivity index (χ3n) is 3.95. The number of carbonyl (C=O) groups excluding carboxylic acids is 1. The monoisotopic (exact) mass is 325 g/mol. The highest BCUT2D eigenvalue weighted by atomic mass is 16.1. The number of para-hydroxylation sites is 1. The number of amides is 1. The van der Waals surface area contributed by atoms with E-state index in [1.165, 1.54) is 5.56 Å². The fourth-order valence-corrected chi connectivity index (χ4v) is 2.89. The second-order valence-corrected chi connectivity index (χ2v) is 6.39. The van der Waals surface area contributed by atoms with Gasteiger partial charge in [-0.2, -0.15) is 0 Å². The Balaban J connectivity index is 0.00000139. The van der Waals surface area contributed by atoms with E-state index >= 15 is 0 Å². The van der Waals surface area contributed by atoms with Crippen molar-refractivity contribution in [1.29, 1.82) is 0 Å². The Kier molecular flexibility index (Phi) is 8.25. The van der Waals surface area contributed by atoms with Crippen LogP contribution in [0.25, 0.3) is 0 Å². The largest absolute Gasteiger partial charge is 0.322 e. The Morgan fingerprint density at radius 1 is 0.958 bits per heavy atom. The number of hydrogen-bond acceptors (Lipinski definition) is 1. The molecule has 2 aromatic rings. The molecule has 1 atom stereocenters. The summed E-state index contributed by atoms with van der Waals surface area (Å²) in [5.74, 6) is 1.02. The highest BCUT2D eigenvalue weighted by molar-refractivity contribution is 6.05. The van der Waals surface area contributed by atoms with Gasteiger partial charge in [0.1, 0.15) is 0 Å². The zero-order valence-electron chi connectivity index (χ0n) is 15.9. The summed E-state index contributed by atoms with van der Waals surface area (Å²) in [6.07, 6.45) is 1.11. The van der Waals surface area contributed by atoms with E-state index in [1.54, 1.807) is 0 Å². The lowest BCUT2D eigenvalue weighted by Crippen LogP contribution is -2.15. The van der Waals surface area contributed by atoms with Crippen molar-refractivity contribution in [3.05, 3.63) is 65.2 Å². The van der Waals surface area contributed by atoms with Crippen LogP contribution in [0.2, 0.25) is 0 Å². The molecular formula is C22H31NO. The van der Waals surface area contributed by atoms with Gasteiger partial charge in [0.25, 0.3) is 5.91 Å². The van der Waals surface area contributed by atoms with Gasteiger partial charge in [-0.15, -0.1) is 0 Å². The Morgan fingerprint density at radius 2 is 1.54 bits per heavy atom. The number of hydrogen-bond donors (Lipinski definition) is 1. The molecule has 0 bridgehead atoms. The Labute approximate surface area is 147 Å². The first-order chi connectivity index (χ1) is 11.5. The van der Waals surface area contributed by atoms with Crippen molar-refractivity contribution in [1.82, 2.24) is 0 Å². The van der Waals surface area contributed by atoms with Crippen molar-refractivity contribution >= 4 is 11.6 Å². The van der Waals surface area contributed by atoms with Crippen molar-refractivity contribution in [2.24, 2.45) is 5.92 Å². The average Bonchev–Trinajstić information content (AvgIpc) is 2.57. The average molecular weight is 325 g/mol. The fraction of sp³-hybridized carbons (Fsp3) is 0.409. The Bertz CT molecular complexity index is 646. The van der Waals surface area contributed by atoms with Gasteiger partial charge in [0, 0.05) is 11.3 Å². The molecule has 0 saturated carbocycles. The Hall–Kier alpha value is -2.09. The molecular weight excluding hydrogens is 294 g/mol. The first kappa shape index (κ1) is 20.0. The molecule has 0 aliphatic rings. The van der Waals surface area contributed by atoms with Gasteiger partial charge in [0.2, 0.25) is 0 Å². The van der Waals surface area contributed by atoms with Gasteiger partial charge < -0.3 is 5.32 Å². The molecule has 0 aliphatic heterocycles. The third kappa shape index (κ3) is 5.52. The number of anilines is 1. The van der Waals surface area contributed by atoms with E-state index in [2.05, 4.69) is 32.2 Å². The van der Waals surface area contributed by atoms with Crippen molar-refractivity contribution in [2.45, 2.75) is 53.9 Å². The minimum Gasteiger partial charge on any atom is -0.322 e. The topological polar surface area (TPSA) is 29.1 Å². The van der Waals surface area contributed by atoms with Crippen molar-refractivity contribution in [3.8, 4) is 0 Å². The van der Waals surface area contributed by atoms with Gasteiger partial charge in [0.05, 0.1) is 0 Å². The lowest BCUT2D eigenvalue weighted by Gasteiger charge is -2.19. The van der Waals surface area contributed by atoms with Crippen LogP contribution in [0, 0.1) is 12.8 Å². The molecule has 0 aromatic heterocycles. The maximum atomic E-state index is 12.5. The maximum absolute atomic E-state index is 12.5. The molecule has 2 rings (SSSR count). The molecule has 0 fully saturated rings. The van der Waals surface area contributed by atoms with E-state index in [4.69, 9.17) is 0 Å². The molecule has 0 spiro atoms. The molecule has 1 unspecified atom stereocenters. The van der Waals surface area contributed by atoms with Gasteiger partial charge in [-0.05, 0) is 48.4 Å². The van der Waals surface area contributed by atoms with E-state index in [0.717, 1.165) is 23.2 Å². The van der Waals surface area contributed by atoms with E-state index in [-0.39, 0.29) is 5.91 Å². The summed E-state index contributed by atoms with van der Waals surface area (Å²) in [6.45, 7) is 12.6. The fourth-order valence-electron chi connectivity index (χ4n) is 2.89. The second-order valence-electron chi connectivity index (χ2n) is 6.39. The summed E-state index contributed by atoms with van der Waals surface area (Å²) in [4.78, 5) is 12.5. The van der Waals surface area contributed by atoms with E-state index in [1.807, 2.05) is 63.2 Å². The summed E-state index contributed by atoms with van der Waals surface area (Å²) in [6, 6.07) is 15.8. The first-order valence-corrected chi connectivity index (χ1v) is 8.95. The van der Waals surface area contributed by atoms with Crippen LogP contribution in [0.1, 0.15) is 68.4 Å². The van der Waals surface area contributed by atoms with Gasteiger partial charge in [-0.3, -0.25) is 4.79 Å². The quantitative estimate of drug-likeness (QED) is 0.675. The van der Waals surface area contributed by atoms with Gasteiger partial charge in [0.15, 0.2) is 0 Å². The lowest BCUT2D eigenvalue weighted by molar-refractivity contribution is 0.102. The van der Waals surface area contributed by atoms with Crippen LogP contribution in [-0.4, -0.2) is 5.91 Å². The van der Waals surface area contributed by atoms with Crippen molar-refractivity contribution < 1.29 is 4.79 Å². The number of benzene rings is 2. The summed E-state index contributed by atoms with van der Waals surface area (Å²) in [5.41, 5.74) is 3.85. The number of aryl methyl sites for hydroxylation is 1. The summed E-state index contributed by atoms with van der Waals surface area (Å²) < 4.78 is 0. The number of carbonyl (C=O) groups is 1. The van der Waals surface area contributed by atoms with E-state index in [9.17, 15) is 4.79 Å². The van der Waals surface area contributed by atoms with Crippen LogP contribution < -0.4 is 5.32 Å². The standard InChI is InChI=1S/C20H25NO.C2H6/c1-14(2)13-16(4)17-10-7-8-12-19(17)21-20(22)18-11-6-5-9-15(18)3;1-2/h5-12,14,16H,13H2,1-4H3,(H,21,22);1-2H3. The van der Waals surface area contributed by atoms with Crippen molar-refractivity contribution in [2.75, 3.05) is 5.32 Å². The zero-order valence-corrected chi connectivity index (χ0v) is 15.9. The predicted octanol–water partition coefficient (Wildman–Crippen LogP) is 6.42. The SMILES string of the molecule is CC.Cc1ccccc1C(=O)Nc1ccccc1C(C)CC(C)C. The van der Waals surface area contributed by atoms with Crippen LogP contribution >= 0.6 is 0 Å². The zero-order chi connectivity index (χ0) is 18.1. The van der Waals surface area contributed by atoms with Gasteiger partial charge >= 0.3 is 0 Å². The summed E-state index contributed by atoms with van der Waals surface area (Å²) in [7, 11) is 0. The number of rotatable bonds is 5. The molecule has 130 valence electrons. The minimum absolute atomic E-state index is 0.0395.